The van der Waals surface area contributed by atoms with Crippen molar-refractivity contribution in [2.75, 3.05) is 19.6 Å². The van der Waals surface area contributed by atoms with Crippen molar-refractivity contribution in [3.63, 3.8) is 0 Å². The normalized spacial score (nSPS) is 24.1. The molecular formula is C13H26N2. The van der Waals surface area contributed by atoms with Crippen LogP contribution in [0, 0.1) is 5.92 Å². The summed E-state index contributed by atoms with van der Waals surface area (Å²) in [4.78, 5) is 2.60. The zero-order chi connectivity index (χ0) is 11.1. The van der Waals surface area contributed by atoms with Crippen molar-refractivity contribution in [3.8, 4) is 0 Å². The van der Waals surface area contributed by atoms with Crippen molar-refractivity contribution < 1.29 is 0 Å². The van der Waals surface area contributed by atoms with Crippen LogP contribution in [-0.4, -0.2) is 30.6 Å². The van der Waals surface area contributed by atoms with Gasteiger partial charge in [0.15, 0.2) is 0 Å². The Morgan fingerprint density at radius 2 is 2.20 bits per heavy atom. The minimum absolute atomic E-state index is 0.709. The summed E-state index contributed by atoms with van der Waals surface area (Å²) in [6, 6.07) is 0.709. The number of nitrogens with zero attached hydrogens (tertiary/aromatic N) is 1. The van der Waals surface area contributed by atoms with Crippen LogP contribution in [0.3, 0.4) is 0 Å². The highest BCUT2D eigenvalue weighted by atomic mass is 15.1. The van der Waals surface area contributed by atoms with Crippen LogP contribution in [-0.2, 0) is 0 Å². The predicted octanol–water partition coefficient (Wildman–Crippen LogP) is 2.40. The molecule has 0 amide bonds. The van der Waals surface area contributed by atoms with Gasteiger partial charge in [0.1, 0.15) is 0 Å². The minimum atomic E-state index is 0.709. The van der Waals surface area contributed by atoms with Gasteiger partial charge in [0, 0.05) is 12.6 Å². The number of nitrogens with two attached hydrogens (primary N) is 1. The Hall–Kier alpha value is -0.340. The molecular weight excluding hydrogens is 184 g/mol. The van der Waals surface area contributed by atoms with Gasteiger partial charge >= 0.3 is 0 Å². The zero-order valence-corrected chi connectivity index (χ0v) is 10.3. The highest BCUT2D eigenvalue weighted by molar-refractivity contribution is 4.87. The highest BCUT2D eigenvalue weighted by Crippen LogP contribution is 2.21. The maximum absolute atomic E-state index is 5.45. The second kappa shape index (κ2) is 7.02. The van der Waals surface area contributed by atoms with E-state index in [0.717, 1.165) is 18.9 Å². The number of allylic oxidation sites excluding steroid dienone is 1. The van der Waals surface area contributed by atoms with Crippen LogP contribution in [0.25, 0.3) is 0 Å². The number of likely N-dealkylation sites (tertiary alicyclic amines) is 1. The number of rotatable bonds is 5. The predicted molar refractivity (Wildman–Crippen MR) is 66.9 cm³/mol. The van der Waals surface area contributed by atoms with E-state index in [1.54, 1.807) is 0 Å². The molecule has 2 nitrogen and oxygen atoms in total. The maximum Gasteiger partial charge on any atom is 0.00387 e. The van der Waals surface area contributed by atoms with E-state index < -0.39 is 0 Å². The molecule has 2 N–H and O–H groups in total. The Labute approximate surface area is 94.5 Å². The molecule has 1 atom stereocenters. The summed E-state index contributed by atoms with van der Waals surface area (Å²) < 4.78 is 0. The Kier molecular flexibility index (Phi) is 5.96. The molecule has 0 aromatic rings. The molecule has 0 aromatic heterocycles. The number of hydrogen-bond donors (Lipinski definition) is 1. The van der Waals surface area contributed by atoms with E-state index >= 15 is 0 Å². The average Bonchev–Trinajstić information content (AvgIpc) is 2.25. The molecule has 88 valence electrons. The molecule has 1 unspecified atom stereocenters. The molecule has 0 saturated carbocycles. The van der Waals surface area contributed by atoms with Gasteiger partial charge in [-0.25, -0.2) is 0 Å². The molecule has 1 aliphatic heterocycles. The molecule has 0 bridgehead atoms. The van der Waals surface area contributed by atoms with Gasteiger partial charge < -0.3 is 10.6 Å². The Morgan fingerprint density at radius 3 is 2.87 bits per heavy atom. The van der Waals surface area contributed by atoms with Crippen molar-refractivity contribution >= 4 is 0 Å². The van der Waals surface area contributed by atoms with Crippen LogP contribution in [0.5, 0.6) is 0 Å². The Bertz CT molecular complexity index is 187. The van der Waals surface area contributed by atoms with E-state index in [-0.39, 0.29) is 0 Å². The quantitative estimate of drug-likeness (QED) is 0.706. The highest BCUT2D eigenvalue weighted by Gasteiger charge is 2.20. The lowest BCUT2D eigenvalue weighted by Gasteiger charge is -2.35. The van der Waals surface area contributed by atoms with E-state index in [0.29, 0.717) is 6.04 Å². The monoisotopic (exact) mass is 210 g/mol. The Balaban J connectivity index is 2.24. The van der Waals surface area contributed by atoms with Crippen molar-refractivity contribution in [2.45, 2.75) is 45.6 Å². The van der Waals surface area contributed by atoms with E-state index in [4.69, 9.17) is 5.73 Å². The first-order valence-corrected chi connectivity index (χ1v) is 6.33. The van der Waals surface area contributed by atoms with Gasteiger partial charge in [-0.2, -0.15) is 0 Å². The van der Waals surface area contributed by atoms with Gasteiger partial charge in [-0.3, -0.25) is 0 Å². The largest absolute Gasteiger partial charge is 0.330 e. The maximum atomic E-state index is 5.45. The average molecular weight is 210 g/mol. The van der Waals surface area contributed by atoms with Crippen LogP contribution < -0.4 is 5.73 Å². The molecule has 0 aliphatic carbocycles. The third-order valence-corrected chi connectivity index (χ3v) is 3.25. The summed E-state index contributed by atoms with van der Waals surface area (Å²) in [7, 11) is 0. The van der Waals surface area contributed by atoms with Crippen molar-refractivity contribution in [1.82, 2.24) is 4.90 Å². The van der Waals surface area contributed by atoms with Gasteiger partial charge in [0.05, 0.1) is 0 Å². The molecule has 0 aromatic carbocycles. The fourth-order valence-corrected chi connectivity index (χ4v) is 2.26. The molecule has 0 spiro atoms. The summed E-state index contributed by atoms with van der Waals surface area (Å²) in [6.07, 6.45) is 9.59. The molecule has 0 radical (unpaired) electrons. The second-order valence-corrected chi connectivity index (χ2v) is 4.88. The van der Waals surface area contributed by atoms with E-state index in [1.165, 1.54) is 32.4 Å². The minimum Gasteiger partial charge on any atom is -0.330 e. The van der Waals surface area contributed by atoms with Crippen molar-refractivity contribution in [1.29, 1.82) is 0 Å². The number of piperidine rings is 1. The van der Waals surface area contributed by atoms with Crippen molar-refractivity contribution in [3.05, 3.63) is 12.2 Å². The molecule has 1 heterocycles. The standard InChI is InChI=1S/C13H26N2/c1-12(2)15-10-6-8-13(11-15)7-4-3-5-9-14/h3-4,12-13H,5-11,14H2,1-2H3/b4-3-. The van der Waals surface area contributed by atoms with Gasteiger partial charge in [0.25, 0.3) is 0 Å². The summed E-state index contributed by atoms with van der Waals surface area (Å²) in [6.45, 7) is 7.95. The lowest BCUT2D eigenvalue weighted by Crippen LogP contribution is -2.39. The molecule has 2 heteroatoms. The first-order chi connectivity index (χ1) is 7.24. The SMILES string of the molecule is CC(C)N1CCCC(C/C=C\CCN)C1. The molecule has 1 saturated heterocycles. The summed E-state index contributed by atoms with van der Waals surface area (Å²) in [5, 5.41) is 0. The summed E-state index contributed by atoms with van der Waals surface area (Å²) >= 11 is 0. The number of hydrogen-bond acceptors (Lipinski definition) is 2. The Morgan fingerprint density at radius 1 is 1.40 bits per heavy atom. The van der Waals surface area contributed by atoms with Crippen LogP contribution in [0.2, 0.25) is 0 Å². The van der Waals surface area contributed by atoms with Gasteiger partial charge in [-0.15, -0.1) is 0 Å². The topological polar surface area (TPSA) is 29.3 Å². The third-order valence-electron chi connectivity index (χ3n) is 3.25. The van der Waals surface area contributed by atoms with Gasteiger partial charge in [-0.1, -0.05) is 12.2 Å². The molecule has 15 heavy (non-hydrogen) atoms. The fourth-order valence-electron chi connectivity index (χ4n) is 2.26. The lowest BCUT2D eigenvalue weighted by molar-refractivity contribution is 0.141. The summed E-state index contributed by atoms with van der Waals surface area (Å²) in [5.41, 5.74) is 5.45. The molecule has 1 rings (SSSR count). The summed E-state index contributed by atoms with van der Waals surface area (Å²) in [5.74, 6) is 0.871. The van der Waals surface area contributed by atoms with Gasteiger partial charge in [-0.05, 0) is 58.5 Å². The molecule has 1 fully saturated rings. The fraction of sp³-hybridized carbons (Fsp3) is 0.846. The van der Waals surface area contributed by atoms with Crippen LogP contribution in [0.4, 0.5) is 0 Å². The van der Waals surface area contributed by atoms with Crippen LogP contribution in [0.1, 0.15) is 39.5 Å². The van der Waals surface area contributed by atoms with Crippen LogP contribution in [0.15, 0.2) is 12.2 Å². The van der Waals surface area contributed by atoms with E-state index in [9.17, 15) is 0 Å². The van der Waals surface area contributed by atoms with Crippen LogP contribution >= 0.6 is 0 Å². The lowest BCUT2D eigenvalue weighted by atomic mass is 9.94. The first-order valence-electron chi connectivity index (χ1n) is 6.33. The second-order valence-electron chi connectivity index (χ2n) is 4.88. The van der Waals surface area contributed by atoms with E-state index in [1.807, 2.05) is 0 Å². The zero-order valence-electron chi connectivity index (χ0n) is 10.3. The smallest absolute Gasteiger partial charge is 0.00387 e. The van der Waals surface area contributed by atoms with Gasteiger partial charge in [0.2, 0.25) is 0 Å². The van der Waals surface area contributed by atoms with Crippen molar-refractivity contribution in [2.24, 2.45) is 11.7 Å². The third kappa shape index (κ3) is 4.80. The first kappa shape index (κ1) is 12.7. The van der Waals surface area contributed by atoms with E-state index in [2.05, 4.69) is 30.9 Å². The molecule has 1 aliphatic rings.